The Morgan fingerprint density at radius 2 is 1.95 bits per heavy atom. The molecule has 106 valence electrons. The number of carbonyl (C=O) groups excluding carboxylic acids is 1. The molecule has 0 bridgehead atoms. The molecule has 0 unspecified atom stereocenters. The number of hydrogen-bond acceptors (Lipinski definition) is 4. The molecule has 8 heteroatoms. The maximum absolute atomic E-state index is 11.9. The average molecular weight is 336 g/mol. The van der Waals surface area contributed by atoms with Gasteiger partial charge in [-0.15, -0.1) is 0 Å². The Morgan fingerprint density at radius 1 is 1.35 bits per heavy atom. The molecule has 5 nitrogen and oxygen atoms in total. The van der Waals surface area contributed by atoms with Crippen LogP contribution in [0, 0.1) is 6.92 Å². The predicted octanol–water partition coefficient (Wildman–Crippen LogP) is 3.83. The van der Waals surface area contributed by atoms with Crippen LogP contribution in [0.5, 0.6) is 5.75 Å². The van der Waals surface area contributed by atoms with E-state index in [4.69, 9.17) is 39.3 Å². The quantitative estimate of drug-likeness (QED) is 0.836. The van der Waals surface area contributed by atoms with Gasteiger partial charge in [-0.25, -0.2) is 0 Å². The molecule has 2 N–H and O–H groups in total. The van der Waals surface area contributed by atoms with Crippen LogP contribution >= 0.6 is 34.8 Å². The highest BCUT2D eigenvalue weighted by atomic mass is 35.5. The summed E-state index contributed by atoms with van der Waals surface area (Å²) in [7, 11) is 0. The van der Waals surface area contributed by atoms with Crippen LogP contribution in [0.3, 0.4) is 0 Å². The number of carbonyl (C=O) groups is 1. The van der Waals surface area contributed by atoms with Crippen molar-refractivity contribution in [2.75, 3.05) is 5.32 Å². The van der Waals surface area contributed by atoms with Crippen LogP contribution in [-0.4, -0.2) is 16.2 Å². The van der Waals surface area contributed by atoms with Gasteiger partial charge in [-0.1, -0.05) is 28.4 Å². The van der Waals surface area contributed by atoms with Crippen LogP contribution in [0.4, 0.5) is 5.69 Å². The minimum absolute atomic E-state index is 0.00425. The fraction of sp³-hybridized carbons (Fsp3) is 0.167. The molecule has 0 spiro atoms. The van der Waals surface area contributed by atoms with Gasteiger partial charge in [0.2, 0.25) is 11.1 Å². The van der Waals surface area contributed by atoms with Crippen molar-refractivity contribution in [3.63, 3.8) is 0 Å². The van der Waals surface area contributed by atoms with Gasteiger partial charge in [-0.3, -0.25) is 4.79 Å². The number of nitrogens with one attached hydrogen (secondary N) is 1. The van der Waals surface area contributed by atoms with E-state index in [1.807, 2.05) is 0 Å². The number of aromatic hydroxyl groups is 1. The van der Waals surface area contributed by atoms with E-state index in [0.29, 0.717) is 16.9 Å². The monoisotopic (exact) mass is 334 g/mol. The summed E-state index contributed by atoms with van der Waals surface area (Å²) in [5, 5.41) is 15.9. The molecule has 2 aromatic rings. The molecule has 0 atom stereocenters. The Kier molecular flexibility index (Phi) is 4.42. The van der Waals surface area contributed by atoms with Crippen molar-refractivity contribution in [2.45, 2.75) is 13.3 Å². The summed E-state index contributed by atoms with van der Waals surface area (Å²) in [4.78, 5) is 11.9. The summed E-state index contributed by atoms with van der Waals surface area (Å²) in [6, 6.07) is 2.78. The Hall–Kier alpha value is -1.43. The molecule has 20 heavy (non-hydrogen) atoms. The van der Waals surface area contributed by atoms with E-state index in [-0.39, 0.29) is 33.3 Å². The van der Waals surface area contributed by atoms with Crippen molar-refractivity contribution >= 4 is 46.4 Å². The number of anilines is 1. The molecular formula is C12H9Cl3N2O3. The van der Waals surface area contributed by atoms with Crippen LogP contribution in [0.25, 0.3) is 0 Å². The number of phenolic OH excluding ortho intramolecular Hbond substituents is 1. The highest BCUT2D eigenvalue weighted by Gasteiger charge is 2.16. The summed E-state index contributed by atoms with van der Waals surface area (Å²) in [5.74, 6) is -0.569. The standard InChI is InChI=1S/C12H9Cl3N2O3/c1-5-7(12(15)20-17-5)4-10(18)16-6-2-8(13)11(19)9(14)3-6/h2-3,19H,4H2,1H3,(H,16,18). The number of halogens is 3. The lowest BCUT2D eigenvalue weighted by Crippen LogP contribution is -2.14. The van der Waals surface area contributed by atoms with Crippen molar-refractivity contribution in [3.05, 3.63) is 38.7 Å². The first-order chi connectivity index (χ1) is 9.38. The molecule has 0 saturated carbocycles. The van der Waals surface area contributed by atoms with Gasteiger partial charge in [0, 0.05) is 11.3 Å². The Balaban J connectivity index is 2.13. The maximum Gasteiger partial charge on any atom is 0.229 e. The number of amides is 1. The molecule has 2 rings (SSSR count). The van der Waals surface area contributed by atoms with Crippen LogP contribution in [-0.2, 0) is 11.2 Å². The van der Waals surface area contributed by atoms with E-state index >= 15 is 0 Å². The summed E-state index contributed by atoms with van der Waals surface area (Å²) in [6.07, 6.45) is 0.00425. The average Bonchev–Trinajstić information content (AvgIpc) is 2.67. The van der Waals surface area contributed by atoms with Gasteiger partial charge in [-0.2, -0.15) is 0 Å². The largest absolute Gasteiger partial charge is 0.505 e. The zero-order valence-corrected chi connectivity index (χ0v) is 12.5. The number of phenols is 1. The van der Waals surface area contributed by atoms with E-state index in [1.54, 1.807) is 6.92 Å². The zero-order valence-electron chi connectivity index (χ0n) is 10.2. The summed E-state index contributed by atoms with van der Waals surface area (Å²) in [6.45, 7) is 1.69. The van der Waals surface area contributed by atoms with Crippen molar-refractivity contribution in [1.29, 1.82) is 0 Å². The molecule has 0 fully saturated rings. The first-order valence-corrected chi connectivity index (χ1v) is 6.60. The number of benzene rings is 1. The fourth-order valence-electron chi connectivity index (χ4n) is 1.56. The lowest BCUT2D eigenvalue weighted by atomic mass is 10.2. The van der Waals surface area contributed by atoms with Gasteiger partial charge in [-0.05, 0) is 30.7 Å². The van der Waals surface area contributed by atoms with Gasteiger partial charge in [0.25, 0.3) is 0 Å². The van der Waals surface area contributed by atoms with Gasteiger partial charge >= 0.3 is 0 Å². The summed E-state index contributed by atoms with van der Waals surface area (Å²) < 4.78 is 4.76. The minimum atomic E-state index is -0.337. The third kappa shape index (κ3) is 3.17. The van der Waals surface area contributed by atoms with E-state index in [1.165, 1.54) is 12.1 Å². The fourth-order valence-corrected chi connectivity index (χ4v) is 2.29. The maximum atomic E-state index is 11.9. The smallest absolute Gasteiger partial charge is 0.229 e. The van der Waals surface area contributed by atoms with Gasteiger partial charge in [0.1, 0.15) is 0 Å². The molecule has 0 saturated heterocycles. The molecule has 0 aliphatic rings. The number of aryl methyl sites for hydroxylation is 1. The first-order valence-electron chi connectivity index (χ1n) is 5.47. The molecular weight excluding hydrogens is 327 g/mol. The van der Waals surface area contributed by atoms with Crippen molar-refractivity contribution in [3.8, 4) is 5.75 Å². The van der Waals surface area contributed by atoms with E-state index in [9.17, 15) is 9.90 Å². The van der Waals surface area contributed by atoms with Gasteiger partial charge in [0.15, 0.2) is 5.75 Å². The molecule has 1 amide bonds. The van der Waals surface area contributed by atoms with Crippen molar-refractivity contribution in [2.24, 2.45) is 0 Å². The number of hydrogen-bond donors (Lipinski definition) is 2. The second-order valence-corrected chi connectivity index (χ2v) is 5.19. The van der Waals surface area contributed by atoms with Gasteiger partial charge < -0.3 is 14.9 Å². The lowest BCUT2D eigenvalue weighted by molar-refractivity contribution is -0.115. The Labute approximate surface area is 129 Å². The summed E-state index contributed by atoms with van der Waals surface area (Å²) in [5.41, 5.74) is 1.43. The molecule has 1 aromatic carbocycles. The normalized spacial score (nSPS) is 10.6. The SMILES string of the molecule is Cc1noc(Cl)c1CC(=O)Nc1cc(Cl)c(O)c(Cl)c1. The van der Waals surface area contributed by atoms with Crippen molar-refractivity contribution < 1.29 is 14.4 Å². The Bertz CT molecular complexity index is 627. The molecule has 0 aliphatic carbocycles. The lowest BCUT2D eigenvalue weighted by Gasteiger charge is -2.07. The molecule has 0 radical (unpaired) electrons. The first kappa shape index (κ1) is 15.0. The highest BCUT2D eigenvalue weighted by Crippen LogP contribution is 2.34. The predicted molar refractivity (Wildman–Crippen MR) is 76.7 cm³/mol. The number of aromatic nitrogens is 1. The third-order valence-corrected chi connectivity index (χ3v) is 3.45. The van der Waals surface area contributed by atoms with Crippen LogP contribution in [0.2, 0.25) is 15.3 Å². The number of rotatable bonds is 3. The van der Waals surface area contributed by atoms with E-state index in [0.717, 1.165) is 0 Å². The molecule has 1 aromatic heterocycles. The second-order valence-electron chi connectivity index (χ2n) is 4.03. The number of nitrogens with zero attached hydrogens (tertiary/aromatic N) is 1. The van der Waals surface area contributed by atoms with E-state index in [2.05, 4.69) is 10.5 Å². The zero-order chi connectivity index (χ0) is 14.9. The molecule has 0 aliphatic heterocycles. The van der Waals surface area contributed by atoms with Crippen LogP contribution < -0.4 is 5.32 Å². The van der Waals surface area contributed by atoms with Gasteiger partial charge in [0.05, 0.1) is 22.2 Å². The second kappa shape index (κ2) is 5.91. The highest BCUT2D eigenvalue weighted by molar-refractivity contribution is 6.37. The Morgan fingerprint density at radius 3 is 2.45 bits per heavy atom. The van der Waals surface area contributed by atoms with Crippen LogP contribution in [0.15, 0.2) is 16.7 Å². The van der Waals surface area contributed by atoms with Crippen LogP contribution in [0.1, 0.15) is 11.3 Å². The minimum Gasteiger partial charge on any atom is -0.505 e. The van der Waals surface area contributed by atoms with E-state index < -0.39 is 0 Å². The molecule has 1 heterocycles. The third-order valence-electron chi connectivity index (χ3n) is 2.57. The van der Waals surface area contributed by atoms with Crippen molar-refractivity contribution in [1.82, 2.24) is 5.16 Å². The topological polar surface area (TPSA) is 75.4 Å². The summed E-state index contributed by atoms with van der Waals surface area (Å²) >= 11 is 17.3.